The Kier molecular flexibility index (Phi) is 6.86. The number of likely N-dealkylation sites (N-methyl/N-ethyl adjacent to an activating group) is 1. The SMILES string of the molecule is CNC(=O)c1ccc(CN(C)C(C)C(=O)NCc2ccc(F)cc2)cc1. The number of rotatable bonds is 7. The van der Waals surface area contributed by atoms with Crippen LogP contribution in [0.3, 0.4) is 0 Å². The minimum absolute atomic E-state index is 0.0983. The van der Waals surface area contributed by atoms with E-state index in [9.17, 15) is 14.0 Å². The normalized spacial score (nSPS) is 11.9. The summed E-state index contributed by atoms with van der Waals surface area (Å²) >= 11 is 0. The first-order valence-corrected chi connectivity index (χ1v) is 8.44. The predicted molar refractivity (Wildman–Crippen MR) is 99.0 cm³/mol. The van der Waals surface area contributed by atoms with E-state index in [1.54, 1.807) is 31.3 Å². The number of benzene rings is 2. The molecule has 2 amide bonds. The summed E-state index contributed by atoms with van der Waals surface area (Å²) < 4.78 is 12.9. The van der Waals surface area contributed by atoms with E-state index in [1.807, 2.05) is 31.0 Å². The Morgan fingerprint density at radius 1 is 1.04 bits per heavy atom. The van der Waals surface area contributed by atoms with Crippen LogP contribution in [0, 0.1) is 5.82 Å². The van der Waals surface area contributed by atoms with Gasteiger partial charge < -0.3 is 10.6 Å². The van der Waals surface area contributed by atoms with Crippen molar-refractivity contribution in [2.45, 2.75) is 26.1 Å². The molecule has 0 aromatic heterocycles. The summed E-state index contributed by atoms with van der Waals surface area (Å²) in [6.07, 6.45) is 0. The molecule has 6 heteroatoms. The zero-order chi connectivity index (χ0) is 19.1. The molecule has 0 bridgehead atoms. The highest BCUT2D eigenvalue weighted by molar-refractivity contribution is 5.93. The van der Waals surface area contributed by atoms with E-state index in [2.05, 4.69) is 10.6 Å². The van der Waals surface area contributed by atoms with Crippen molar-refractivity contribution in [3.05, 3.63) is 71.0 Å². The Hall–Kier alpha value is -2.73. The van der Waals surface area contributed by atoms with Gasteiger partial charge in [0.25, 0.3) is 5.91 Å². The fourth-order valence-electron chi connectivity index (χ4n) is 2.47. The molecule has 138 valence electrons. The van der Waals surface area contributed by atoms with Crippen molar-refractivity contribution in [2.24, 2.45) is 0 Å². The molecule has 0 aliphatic heterocycles. The van der Waals surface area contributed by atoms with Crippen LogP contribution in [0.15, 0.2) is 48.5 Å². The van der Waals surface area contributed by atoms with Crippen molar-refractivity contribution in [1.29, 1.82) is 0 Å². The molecule has 26 heavy (non-hydrogen) atoms. The molecule has 0 aliphatic carbocycles. The second kappa shape index (κ2) is 9.10. The lowest BCUT2D eigenvalue weighted by atomic mass is 10.1. The van der Waals surface area contributed by atoms with Crippen LogP contribution in [-0.4, -0.2) is 36.9 Å². The fourth-order valence-corrected chi connectivity index (χ4v) is 2.47. The van der Waals surface area contributed by atoms with E-state index in [0.29, 0.717) is 18.7 Å². The molecule has 0 radical (unpaired) electrons. The fraction of sp³-hybridized carbons (Fsp3) is 0.300. The van der Waals surface area contributed by atoms with Gasteiger partial charge in [-0.05, 0) is 49.4 Å². The number of carbonyl (C=O) groups is 2. The molecule has 0 fully saturated rings. The molecule has 0 heterocycles. The summed E-state index contributed by atoms with van der Waals surface area (Å²) in [5.74, 6) is -0.520. The van der Waals surface area contributed by atoms with Gasteiger partial charge in [0.2, 0.25) is 5.91 Å². The highest BCUT2D eigenvalue weighted by Gasteiger charge is 2.18. The van der Waals surface area contributed by atoms with Gasteiger partial charge in [-0.25, -0.2) is 4.39 Å². The minimum atomic E-state index is -0.325. The van der Waals surface area contributed by atoms with Crippen molar-refractivity contribution in [3.8, 4) is 0 Å². The molecular weight excluding hydrogens is 333 g/mol. The van der Waals surface area contributed by atoms with Gasteiger partial charge in [-0.15, -0.1) is 0 Å². The molecule has 2 N–H and O–H groups in total. The van der Waals surface area contributed by atoms with E-state index in [-0.39, 0.29) is 23.7 Å². The lowest BCUT2D eigenvalue weighted by molar-refractivity contribution is -0.125. The lowest BCUT2D eigenvalue weighted by Gasteiger charge is -2.24. The number of nitrogens with zero attached hydrogens (tertiary/aromatic N) is 1. The maximum Gasteiger partial charge on any atom is 0.251 e. The Labute approximate surface area is 153 Å². The second-order valence-corrected chi connectivity index (χ2v) is 6.21. The zero-order valence-corrected chi connectivity index (χ0v) is 15.3. The summed E-state index contributed by atoms with van der Waals surface area (Å²) in [5, 5.41) is 5.44. The lowest BCUT2D eigenvalue weighted by Crippen LogP contribution is -2.42. The number of hydrogen-bond acceptors (Lipinski definition) is 3. The standard InChI is InChI=1S/C20H24FN3O2/c1-14(19(25)23-12-15-6-10-18(21)11-7-15)24(3)13-16-4-8-17(9-5-16)20(26)22-2/h4-11,14H,12-13H2,1-3H3,(H,22,26)(H,23,25). The van der Waals surface area contributed by atoms with Gasteiger partial charge in [-0.2, -0.15) is 0 Å². The molecule has 0 spiro atoms. The van der Waals surface area contributed by atoms with Crippen molar-refractivity contribution in [3.63, 3.8) is 0 Å². The van der Waals surface area contributed by atoms with Crippen LogP contribution in [0.25, 0.3) is 0 Å². The van der Waals surface area contributed by atoms with Crippen molar-refractivity contribution >= 4 is 11.8 Å². The zero-order valence-electron chi connectivity index (χ0n) is 15.3. The van der Waals surface area contributed by atoms with Crippen LogP contribution in [0.5, 0.6) is 0 Å². The van der Waals surface area contributed by atoms with E-state index < -0.39 is 0 Å². The summed E-state index contributed by atoms with van der Waals surface area (Å²) in [4.78, 5) is 25.8. The maximum absolute atomic E-state index is 12.9. The third-order valence-electron chi connectivity index (χ3n) is 4.30. The third kappa shape index (κ3) is 5.39. The van der Waals surface area contributed by atoms with Crippen molar-refractivity contribution in [1.82, 2.24) is 15.5 Å². The number of halogens is 1. The number of amides is 2. The van der Waals surface area contributed by atoms with E-state index in [0.717, 1.165) is 11.1 Å². The molecular formula is C20H24FN3O2. The Balaban J connectivity index is 1.87. The van der Waals surface area contributed by atoms with Crippen molar-refractivity contribution < 1.29 is 14.0 Å². The molecule has 0 saturated carbocycles. The summed E-state index contributed by atoms with van der Waals surface area (Å²) in [6.45, 7) is 2.77. The number of hydrogen-bond donors (Lipinski definition) is 2. The maximum atomic E-state index is 12.9. The van der Waals surface area contributed by atoms with Crippen LogP contribution in [0.4, 0.5) is 4.39 Å². The van der Waals surface area contributed by atoms with E-state index in [1.165, 1.54) is 12.1 Å². The second-order valence-electron chi connectivity index (χ2n) is 6.21. The molecule has 5 nitrogen and oxygen atoms in total. The summed E-state index contributed by atoms with van der Waals surface area (Å²) in [6, 6.07) is 13.0. The molecule has 0 saturated heterocycles. The first kappa shape index (κ1) is 19.6. The molecule has 0 aliphatic rings. The molecule has 2 aromatic rings. The highest BCUT2D eigenvalue weighted by atomic mass is 19.1. The average Bonchev–Trinajstić information content (AvgIpc) is 2.66. The van der Waals surface area contributed by atoms with Gasteiger partial charge in [0, 0.05) is 25.7 Å². The molecule has 2 aromatic carbocycles. The first-order valence-electron chi connectivity index (χ1n) is 8.44. The summed E-state index contributed by atoms with van der Waals surface area (Å²) in [5.41, 5.74) is 2.46. The van der Waals surface area contributed by atoms with Crippen LogP contribution >= 0.6 is 0 Å². The van der Waals surface area contributed by atoms with Crippen LogP contribution in [0.2, 0.25) is 0 Å². The largest absolute Gasteiger partial charge is 0.355 e. The molecule has 1 atom stereocenters. The predicted octanol–water partition coefficient (Wildman–Crippen LogP) is 2.32. The van der Waals surface area contributed by atoms with Gasteiger partial charge in [-0.1, -0.05) is 24.3 Å². The average molecular weight is 357 g/mol. The third-order valence-corrected chi connectivity index (χ3v) is 4.30. The summed E-state index contributed by atoms with van der Waals surface area (Å²) in [7, 11) is 3.46. The Morgan fingerprint density at radius 3 is 2.19 bits per heavy atom. The van der Waals surface area contributed by atoms with Gasteiger partial charge >= 0.3 is 0 Å². The number of nitrogens with one attached hydrogen (secondary N) is 2. The van der Waals surface area contributed by atoms with E-state index >= 15 is 0 Å². The quantitative estimate of drug-likeness (QED) is 0.799. The highest BCUT2D eigenvalue weighted by Crippen LogP contribution is 2.09. The monoisotopic (exact) mass is 357 g/mol. The first-order chi connectivity index (χ1) is 12.4. The Morgan fingerprint density at radius 2 is 1.62 bits per heavy atom. The van der Waals surface area contributed by atoms with Gasteiger partial charge in [-0.3, -0.25) is 14.5 Å². The molecule has 2 rings (SSSR count). The topological polar surface area (TPSA) is 61.4 Å². The van der Waals surface area contributed by atoms with Crippen LogP contribution in [0.1, 0.15) is 28.4 Å². The Bertz CT molecular complexity index is 745. The van der Waals surface area contributed by atoms with Gasteiger partial charge in [0.05, 0.1) is 6.04 Å². The van der Waals surface area contributed by atoms with E-state index in [4.69, 9.17) is 0 Å². The van der Waals surface area contributed by atoms with Gasteiger partial charge in [0.1, 0.15) is 5.82 Å². The van der Waals surface area contributed by atoms with Crippen molar-refractivity contribution in [2.75, 3.05) is 14.1 Å². The van der Waals surface area contributed by atoms with Gasteiger partial charge in [0.15, 0.2) is 0 Å². The minimum Gasteiger partial charge on any atom is -0.355 e. The van der Waals surface area contributed by atoms with Crippen LogP contribution in [-0.2, 0) is 17.9 Å². The smallest absolute Gasteiger partial charge is 0.251 e. The van der Waals surface area contributed by atoms with Crippen LogP contribution < -0.4 is 10.6 Å². The molecule has 1 unspecified atom stereocenters. The number of carbonyl (C=O) groups excluding carboxylic acids is 2.